The number of hydrogen-bond acceptors (Lipinski definition) is 5. The summed E-state index contributed by atoms with van der Waals surface area (Å²) in [5.74, 6) is 1.30. The molecule has 3 aliphatic rings. The van der Waals surface area contributed by atoms with Gasteiger partial charge in [0.2, 0.25) is 5.91 Å². The van der Waals surface area contributed by atoms with Crippen LogP contribution in [0.15, 0.2) is 18.3 Å². The van der Waals surface area contributed by atoms with Crippen molar-refractivity contribution in [1.82, 2.24) is 10.3 Å². The highest BCUT2D eigenvalue weighted by Crippen LogP contribution is 2.58. The number of nitrogens with one attached hydrogen (secondary N) is 2. The van der Waals surface area contributed by atoms with Crippen LogP contribution in [-0.4, -0.2) is 50.3 Å². The molecule has 1 aromatic rings. The van der Waals surface area contributed by atoms with Crippen LogP contribution in [0.4, 0.5) is 11.5 Å². The van der Waals surface area contributed by atoms with E-state index in [0.717, 1.165) is 70.2 Å². The Labute approximate surface area is 160 Å². The van der Waals surface area contributed by atoms with Crippen molar-refractivity contribution in [3.8, 4) is 0 Å². The van der Waals surface area contributed by atoms with Gasteiger partial charge in [-0.05, 0) is 49.9 Å². The van der Waals surface area contributed by atoms with Crippen LogP contribution in [0.5, 0.6) is 0 Å². The quantitative estimate of drug-likeness (QED) is 0.829. The van der Waals surface area contributed by atoms with E-state index in [0.29, 0.717) is 0 Å². The van der Waals surface area contributed by atoms with Crippen LogP contribution < -0.4 is 15.5 Å². The number of nitrogens with zero attached hydrogens (tertiary/aromatic N) is 2. The van der Waals surface area contributed by atoms with E-state index in [9.17, 15) is 4.79 Å². The number of hydrogen-bond donors (Lipinski definition) is 2. The van der Waals surface area contributed by atoms with Crippen LogP contribution in [0.2, 0.25) is 0 Å². The van der Waals surface area contributed by atoms with Crippen molar-refractivity contribution >= 4 is 42.2 Å². The molecule has 2 N–H and O–H groups in total. The molecule has 25 heavy (non-hydrogen) atoms. The minimum absolute atomic E-state index is 0. The number of ether oxygens (including phenoxy) is 1. The van der Waals surface area contributed by atoms with Gasteiger partial charge in [-0.3, -0.25) is 4.79 Å². The topological polar surface area (TPSA) is 66.5 Å². The van der Waals surface area contributed by atoms with Crippen molar-refractivity contribution in [2.75, 3.05) is 49.6 Å². The predicted molar refractivity (Wildman–Crippen MR) is 103 cm³/mol. The summed E-state index contributed by atoms with van der Waals surface area (Å²) in [6.45, 7) is 5.32. The van der Waals surface area contributed by atoms with Crippen LogP contribution >= 0.6 is 24.8 Å². The highest BCUT2D eigenvalue weighted by molar-refractivity contribution is 5.95. The lowest BCUT2D eigenvalue weighted by atomic mass is 9.92. The number of aromatic nitrogens is 1. The number of rotatable bonds is 3. The maximum Gasteiger partial charge on any atom is 0.228 e. The van der Waals surface area contributed by atoms with Crippen molar-refractivity contribution in [3.05, 3.63) is 18.3 Å². The maximum absolute atomic E-state index is 12.4. The lowest BCUT2D eigenvalue weighted by Crippen LogP contribution is -2.36. The van der Waals surface area contributed by atoms with Crippen molar-refractivity contribution in [3.63, 3.8) is 0 Å². The largest absolute Gasteiger partial charge is 0.378 e. The number of amides is 1. The Bertz CT molecular complexity index is 573. The first-order valence-corrected chi connectivity index (χ1v) is 8.57. The van der Waals surface area contributed by atoms with E-state index in [1.54, 1.807) is 6.20 Å². The number of anilines is 2. The van der Waals surface area contributed by atoms with E-state index >= 15 is 0 Å². The summed E-state index contributed by atoms with van der Waals surface area (Å²) in [7, 11) is 0. The van der Waals surface area contributed by atoms with Crippen LogP contribution in [0.3, 0.4) is 0 Å². The highest BCUT2D eigenvalue weighted by Gasteiger charge is 2.57. The Hall–Kier alpha value is -1.08. The molecule has 140 valence electrons. The molecule has 4 rings (SSSR count). The molecule has 1 aromatic heterocycles. The van der Waals surface area contributed by atoms with Gasteiger partial charge in [0.05, 0.1) is 25.1 Å². The first kappa shape index (κ1) is 20.2. The summed E-state index contributed by atoms with van der Waals surface area (Å²) in [4.78, 5) is 19.1. The van der Waals surface area contributed by atoms with Crippen LogP contribution in [-0.2, 0) is 9.53 Å². The molecule has 2 saturated heterocycles. The molecule has 6 nitrogen and oxygen atoms in total. The third-order valence-electron chi connectivity index (χ3n) is 5.46. The lowest BCUT2D eigenvalue weighted by molar-refractivity contribution is -0.118. The summed E-state index contributed by atoms with van der Waals surface area (Å²) in [6, 6.07) is 3.93. The van der Waals surface area contributed by atoms with E-state index in [-0.39, 0.29) is 42.1 Å². The van der Waals surface area contributed by atoms with Crippen molar-refractivity contribution < 1.29 is 9.53 Å². The first-order chi connectivity index (χ1) is 11.3. The molecule has 1 aliphatic carbocycles. The summed E-state index contributed by atoms with van der Waals surface area (Å²) >= 11 is 0. The minimum Gasteiger partial charge on any atom is -0.378 e. The molecule has 0 bridgehead atoms. The van der Waals surface area contributed by atoms with Crippen LogP contribution in [0.25, 0.3) is 0 Å². The van der Waals surface area contributed by atoms with Crippen LogP contribution in [0.1, 0.15) is 19.3 Å². The third kappa shape index (κ3) is 4.37. The number of carbonyl (C=O) groups excluding carboxylic acids is 1. The number of piperidine rings is 1. The molecular formula is C17H26Cl2N4O2. The summed E-state index contributed by atoms with van der Waals surface area (Å²) in [5.41, 5.74) is 1.07. The predicted octanol–water partition coefficient (Wildman–Crippen LogP) is 2.09. The van der Waals surface area contributed by atoms with Crippen molar-refractivity contribution in [2.24, 2.45) is 11.3 Å². The van der Waals surface area contributed by atoms with E-state index in [1.165, 1.54) is 0 Å². The van der Waals surface area contributed by atoms with Gasteiger partial charge in [0.25, 0.3) is 0 Å². The molecule has 3 heterocycles. The van der Waals surface area contributed by atoms with Gasteiger partial charge < -0.3 is 20.3 Å². The van der Waals surface area contributed by atoms with Gasteiger partial charge in [0.1, 0.15) is 5.82 Å². The second-order valence-corrected chi connectivity index (χ2v) is 6.86. The van der Waals surface area contributed by atoms with Gasteiger partial charge in [-0.15, -0.1) is 24.8 Å². The zero-order chi connectivity index (χ0) is 15.7. The van der Waals surface area contributed by atoms with E-state index in [4.69, 9.17) is 4.74 Å². The Morgan fingerprint density at radius 1 is 1.24 bits per heavy atom. The smallest absolute Gasteiger partial charge is 0.228 e. The third-order valence-corrected chi connectivity index (χ3v) is 5.46. The van der Waals surface area contributed by atoms with Gasteiger partial charge in [0, 0.05) is 19.0 Å². The number of morpholine rings is 1. The van der Waals surface area contributed by atoms with Gasteiger partial charge in [-0.25, -0.2) is 4.98 Å². The molecule has 1 saturated carbocycles. The molecule has 0 radical (unpaired) electrons. The van der Waals surface area contributed by atoms with Gasteiger partial charge >= 0.3 is 0 Å². The summed E-state index contributed by atoms with van der Waals surface area (Å²) < 4.78 is 5.35. The van der Waals surface area contributed by atoms with Gasteiger partial charge in [-0.2, -0.15) is 0 Å². The zero-order valence-electron chi connectivity index (χ0n) is 14.2. The molecule has 3 fully saturated rings. The highest BCUT2D eigenvalue weighted by atomic mass is 35.5. The minimum atomic E-state index is 0. The van der Waals surface area contributed by atoms with E-state index in [1.807, 2.05) is 12.1 Å². The standard InChI is InChI=1S/C17H24N4O2.2ClH/c22-16(14-11-17(14)3-5-18-6-4-17)20-13-1-2-15(19-12-13)21-7-9-23-10-8-21;;/h1-2,12,14,18H,3-11H2,(H,20,22);2*1H. The second kappa shape index (κ2) is 8.54. The van der Waals surface area contributed by atoms with E-state index in [2.05, 4.69) is 20.5 Å². The fraction of sp³-hybridized carbons (Fsp3) is 0.647. The Morgan fingerprint density at radius 3 is 2.60 bits per heavy atom. The zero-order valence-corrected chi connectivity index (χ0v) is 15.8. The van der Waals surface area contributed by atoms with Gasteiger partial charge in [-0.1, -0.05) is 0 Å². The number of halogens is 2. The summed E-state index contributed by atoms with van der Waals surface area (Å²) in [5, 5.41) is 6.41. The fourth-order valence-corrected chi connectivity index (χ4v) is 3.86. The van der Waals surface area contributed by atoms with E-state index < -0.39 is 0 Å². The molecule has 1 unspecified atom stereocenters. The molecule has 8 heteroatoms. The summed E-state index contributed by atoms with van der Waals surface area (Å²) in [6.07, 6.45) is 5.05. The Morgan fingerprint density at radius 2 is 1.96 bits per heavy atom. The monoisotopic (exact) mass is 388 g/mol. The Balaban J connectivity index is 0.00000113. The Kier molecular flexibility index (Phi) is 6.91. The number of carbonyl (C=O) groups is 1. The van der Waals surface area contributed by atoms with Crippen LogP contribution in [0, 0.1) is 11.3 Å². The maximum atomic E-state index is 12.4. The molecule has 2 aliphatic heterocycles. The van der Waals surface area contributed by atoms with Crippen molar-refractivity contribution in [1.29, 1.82) is 0 Å². The molecule has 1 spiro atoms. The normalized spacial score (nSPS) is 24.0. The van der Waals surface area contributed by atoms with Crippen molar-refractivity contribution in [2.45, 2.75) is 19.3 Å². The molecule has 1 amide bonds. The molecule has 1 atom stereocenters. The first-order valence-electron chi connectivity index (χ1n) is 8.57. The molecular weight excluding hydrogens is 363 g/mol. The fourth-order valence-electron chi connectivity index (χ4n) is 3.86. The second-order valence-electron chi connectivity index (χ2n) is 6.86. The lowest BCUT2D eigenvalue weighted by Gasteiger charge is -2.27. The SMILES string of the molecule is Cl.Cl.O=C(Nc1ccc(N2CCOCC2)nc1)C1CC12CCNCC2. The van der Waals surface area contributed by atoms with Gasteiger partial charge in [0.15, 0.2) is 0 Å². The molecule has 0 aromatic carbocycles. The number of pyridine rings is 1. The average molecular weight is 389 g/mol. The average Bonchev–Trinajstić information content (AvgIpc) is 3.30.